The lowest BCUT2D eigenvalue weighted by Crippen LogP contribution is -2.13. The number of amides is 1. The highest BCUT2D eigenvalue weighted by Gasteiger charge is 2.16. The number of aromatic nitrogens is 1. The van der Waals surface area contributed by atoms with Crippen LogP contribution in [0.2, 0.25) is 0 Å². The number of carbonyl (C=O) groups is 1. The van der Waals surface area contributed by atoms with Crippen molar-refractivity contribution in [2.45, 2.75) is 33.1 Å². The van der Waals surface area contributed by atoms with Crippen molar-refractivity contribution in [3.63, 3.8) is 0 Å². The Morgan fingerprint density at radius 1 is 1.11 bits per heavy atom. The fraction of sp³-hybridized carbons (Fsp3) is 0.273. The molecule has 1 amide bonds. The van der Waals surface area contributed by atoms with Crippen LogP contribution in [0.1, 0.15) is 43.6 Å². The van der Waals surface area contributed by atoms with Crippen LogP contribution in [0, 0.1) is 0 Å². The molecule has 3 aromatic rings. The number of hydrogen-bond donors (Lipinski definition) is 1. The van der Waals surface area contributed by atoms with Gasteiger partial charge in [0.1, 0.15) is 5.75 Å². The SMILES string of the molecule is CCOc1ccccc1C(=O)Nc1nc(-c2ccc(C(C)(C)C)cc2)cs1. The van der Waals surface area contributed by atoms with Gasteiger partial charge in [-0.1, -0.05) is 57.2 Å². The number of anilines is 1. The van der Waals surface area contributed by atoms with Crippen LogP contribution in [0.5, 0.6) is 5.75 Å². The van der Waals surface area contributed by atoms with Crippen molar-refractivity contribution in [1.29, 1.82) is 0 Å². The van der Waals surface area contributed by atoms with Crippen molar-refractivity contribution in [3.8, 4) is 17.0 Å². The summed E-state index contributed by atoms with van der Waals surface area (Å²) in [6.07, 6.45) is 0. The van der Waals surface area contributed by atoms with Crippen LogP contribution < -0.4 is 10.1 Å². The summed E-state index contributed by atoms with van der Waals surface area (Å²) in [6.45, 7) is 8.98. The largest absolute Gasteiger partial charge is 0.493 e. The molecule has 0 atom stereocenters. The molecule has 27 heavy (non-hydrogen) atoms. The first kappa shape index (κ1) is 19.1. The van der Waals surface area contributed by atoms with Gasteiger partial charge < -0.3 is 4.74 Å². The highest BCUT2D eigenvalue weighted by atomic mass is 32.1. The highest BCUT2D eigenvalue weighted by molar-refractivity contribution is 7.14. The molecule has 0 radical (unpaired) electrons. The smallest absolute Gasteiger partial charge is 0.261 e. The molecule has 0 bridgehead atoms. The Morgan fingerprint density at radius 2 is 1.81 bits per heavy atom. The molecule has 5 heteroatoms. The quantitative estimate of drug-likeness (QED) is 0.612. The van der Waals surface area contributed by atoms with Gasteiger partial charge in [-0.2, -0.15) is 0 Å². The van der Waals surface area contributed by atoms with Crippen LogP contribution in [-0.4, -0.2) is 17.5 Å². The van der Waals surface area contributed by atoms with Gasteiger partial charge in [0.25, 0.3) is 5.91 Å². The summed E-state index contributed by atoms with van der Waals surface area (Å²) in [5.74, 6) is 0.357. The first-order valence-electron chi connectivity index (χ1n) is 8.98. The zero-order valence-corrected chi connectivity index (χ0v) is 16.9. The lowest BCUT2D eigenvalue weighted by atomic mass is 9.86. The van der Waals surface area contributed by atoms with E-state index in [-0.39, 0.29) is 11.3 Å². The molecule has 0 aliphatic carbocycles. The van der Waals surface area contributed by atoms with Gasteiger partial charge in [0.15, 0.2) is 5.13 Å². The van der Waals surface area contributed by atoms with Crippen LogP contribution >= 0.6 is 11.3 Å². The van der Waals surface area contributed by atoms with E-state index in [0.717, 1.165) is 11.3 Å². The molecule has 4 nitrogen and oxygen atoms in total. The summed E-state index contributed by atoms with van der Waals surface area (Å²) < 4.78 is 5.53. The Morgan fingerprint density at radius 3 is 2.48 bits per heavy atom. The minimum atomic E-state index is -0.219. The maximum absolute atomic E-state index is 12.6. The maximum atomic E-state index is 12.6. The Hall–Kier alpha value is -2.66. The summed E-state index contributed by atoms with van der Waals surface area (Å²) in [5, 5.41) is 5.40. The lowest BCUT2D eigenvalue weighted by Gasteiger charge is -2.18. The normalized spacial score (nSPS) is 11.3. The minimum absolute atomic E-state index is 0.119. The molecule has 0 saturated carbocycles. The maximum Gasteiger partial charge on any atom is 0.261 e. The number of thiazole rings is 1. The topological polar surface area (TPSA) is 51.2 Å². The third-order valence-electron chi connectivity index (χ3n) is 4.20. The number of rotatable bonds is 5. The monoisotopic (exact) mass is 380 g/mol. The predicted octanol–water partition coefficient (Wildman–Crippen LogP) is 5.76. The van der Waals surface area contributed by atoms with Crippen LogP contribution in [-0.2, 0) is 5.41 Å². The van der Waals surface area contributed by atoms with E-state index in [1.807, 2.05) is 24.4 Å². The Bertz CT molecular complexity index is 924. The van der Waals surface area contributed by atoms with Crippen molar-refractivity contribution in [2.24, 2.45) is 0 Å². The zero-order valence-electron chi connectivity index (χ0n) is 16.1. The van der Waals surface area contributed by atoms with E-state index in [2.05, 4.69) is 55.3 Å². The first-order valence-corrected chi connectivity index (χ1v) is 9.86. The summed E-state index contributed by atoms with van der Waals surface area (Å²) >= 11 is 1.41. The van der Waals surface area contributed by atoms with Gasteiger partial charge in [0.05, 0.1) is 17.9 Å². The van der Waals surface area contributed by atoms with Crippen LogP contribution in [0.3, 0.4) is 0 Å². The average molecular weight is 381 g/mol. The number of hydrogen-bond acceptors (Lipinski definition) is 4. The van der Waals surface area contributed by atoms with Crippen molar-refractivity contribution >= 4 is 22.4 Å². The summed E-state index contributed by atoms with van der Waals surface area (Å²) in [4.78, 5) is 17.1. The number of nitrogens with one attached hydrogen (secondary N) is 1. The molecule has 140 valence electrons. The van der Waals surface area contributed by atoms with Crippen LogP contribution in [0.4, 0.5) is 5.13 Å². The van der Waals surface area contributed by atoms with E-state index < -0.39 is 0 Å². The molecule has 1 heterocycles. The van der Waals surface area contributed by atoms with E-state index in [1.165, 1.54) is 16.9 Å². The number of carbonyl (C=O) groups excluding carboxylic acids is 1. The van der Waals surface area contributed by atoms with Crippen molar-refractivity contribution in [3.05, 3.63) is 65.0 Å². The molecule has 0 aliphatic heterocycles. The Kier molecular flexibility index (Phi) is 5.61. The molecular formula is C22H24N2O2S. The highest BCUT2D eigenvalue weighted by Crippen LogP contribution is 2.29. The van der Waals surface area contributed by atoms with Gasteiger partial charge in [-0.3, -0.25) is 10.1 Å². The number of para-hydroxylation sites is 1. The third-order valence-corrected chi connectivity index (χ3v) is 4.96. The number of benzene rings is 2. The standard InChI is InChI=1S/C22H24N2O2S/c1-5-26-19-9-7-6-8-17(19)20(25)24-21-23-18(14-27-21)15-10-12-16(13-11-15)22(2,3)4/h6-14H,5H2,1-4H3,(H,23,24,25). The van der Waals surface area contributed by atoms with Crippen molar-refractivity contribution < 1.29 is 9.53 Å². The number of ether oxygens (including phenoxy) is 1. The summed E-state index contributed by atoms with van der Waals surface area (Å²) in [5.41, 5.74) is 3.80. The van der Waals surface area contributed by atoms with Crippen molar-refractivity contribution in [1.82, 2.24) is 4.98 Å². The van der Waals surface area contributed by atoms with Gasteiger partial charge >= 0.3 is 0 Å². The molecule has 2 aromatic carbocycles. The van der Waals surface area contributed by atoms with E-state index in [4.69, 9.17) is 4.74 Å². The van der Waals surface area contributed by atoms with Crippen LogP contribution in [0.25, 0.3) is 11.3 Å². The van der Waals surface area contributed by atoms with Crippen molar-refractivity contribution in [2.75, 3.05) is 11.9 Å². The number of nitrogens with zero attached hydrogens (tertiary/aromatic N) is 1. The Balaban J connectivity index is 1.76. The Labute approximate surface area is 164 Å². The molecule has 0 fully saturated rings. The summed E-state index contributed by atoms with van der Waals surface area (Å²) in [7, 11) is 0. The van der Waals surface area contributed by atoms with Gasteiger partial charge in [-0.25, -0.2) is 4.98 Å². The minimum Gasteiger partial charge on any atom is -0.493 e. The van der Waals surface area contributed by atoms with Gasteiger partial charge in [0.2, 0.25) is 0 Å². The van der Waals surface area contributed by atoms with E-state index >= 15 is 0 Å². The zero-order chi connectivity index (χ0) is 19.4. The third kappa shape index (κ3) is 4.55. The fourth-order valence-electron chi connectivity index (χ4n) is 2.70. The van der Waals surface area contributed by atoms with E-state index in [0.29, 0.717) is 23.1 Å². The molecule has 0 aliphatic rings. The van der Waals surface area contributed by atoms with E-state index in [1.54, 1.807) is 12.1 Å². The van der Waals surface area contributed by atoms with Gasteiger partial charge in [-0.05, 0) is 30.0 Å². The van der Waals surface area contributed by atoms with Crippen LogP contribution in [0.15, 0.2) is 53.9 Å². The second-order valence-corrected chi connectivity index (χ2v) is 8.11. The van der Waals surface area contributed by atoms with E-state index in [9.17, 15) is 4.79 Å². The van der Waals surface area contributed by atoms with Gasteiger partial charge in [0, 0.05) is 10.9 Å². The second kappa shape index (κ2) is 7.92. The molecule has 3 rings (SSSR count). The molecule has 0 unspecified atom stereocenters. The molecule has 0 saturated heterocycles. The van der Waals surface area contributed by atoms with Gasteiger partial charge in [-0.15, -0.1) is 11.3 Å². The summed E-state index contributed by atoms with van der Waals surface area (Å²) in [6, 6.07) is 15.6. The molecule has 0 spiro atoms. The second-order valence-electron chi connectivity index (χ2n) is 7.25. The molecule has 1 N–H and O–H groups in total. The lowest BCUT2D eigenvalue weighted by molar-refractivity contribution is 0.102. The molecular weight excluding hydrogens is 356 g/mol. The average Bonchev–Trinajstić information content (AvgIpc) is 3.10. The predicted molar refractivity (Wildman–Crippen MR) is 112 cm³/mol. The first-order chi connectivity index (χ1) is 12.9. The molecule has 1 aromatic heterocycles. The fourth-order valence-corrected chi connectivity index (χ4v) is 3.42.